The van der Waals surface area contributed by atoms with Gasteiger partial charge in [0.25, 0.3) is 0 Å². The number of aromatic hydroxyl groups is 1. The lowest BCUT2D eigenvalue weighted by molar-refractivity contribution is 0.0138. The summed E-state index contributed by atoms with van der Waals surface area (Å²) in [4.78, 5) is 32.8. The minimum Gasteiger partial charge on any atom is -0.508 e. The number of aromatic nitrogens is 1. The highest BCUT2D eigenvalue weighted by atomic mass is 16.6. The van der Waals surface area contributed by atoms with Gasteiger partial charge < -0.3 is 19.7 Å². The molecule has 35 heavy (non-hydrogen) atoms. The van der Waals surface area contributed by atoms with Crippen LogP contribution in [-0.4, -0.2) is 63.5 Å². The summed E-state index contributed by atoms with van der Waals surface area (Å²) in [5, 5.41) is 11.8. The molecule has 1 aliphatic carbocycles. The molecule has 2 aliphatic rings. The Morgan fingerprint density at radius 1 is 1.11 bits per heavy atom. The van der Waals surface area contributed by atoms with Gasteiger partial charge in [-0.25, -0.2) is 4.79 Å². The molecule has 0 unspecified atom stereocenters. The van der Waals surface area contributed by atoms with Gasteiger partial charge in [-0.05, 0) is 50.6 Å². The molecule has 2 aromatic carbocycles. The van der Waals surface area contributed by atoms with E-state index in [1.54, 1.807) is 17.0 Å². The highest BCUT2D eigenvalue weighted by Crippen LogP contribution is 2.36. The van der Waals surface area contributed by atoms with Crippen LogP contribution in [0.2, 0.25) is 0 Å². The van der Waals surface area contributed by atoms with E-state index in [4.69, 9.17) is 4.74 Å². The molecule has 7 nitrogen and oxygen atoms in total. The molecule has 7 heteroatoms. The minimum atomic E-state index is -0.519. The van der Waals surface area contributed by atoms with Crippen molar-refractivity contribution in [3.63, 3.8) is 0 Å². The largest absolute Gasteiger partial charge is 0.508 e. The number of piperazine rings is 1. The summed E-state index contributed by atoms with van der Waals surface area (Å²) >= 11 is 0. The second kappa shape index (κ2) is 8.89. The first-order chi connectivity index (χ1) is 16.7. The van der Waals surface area contributed by atoms with Crippen molar-refractivity contribution in [3.05, 3.63) is 70.4 Å². The molecule has 0 bridgehead atoms. The summed E-state index contributed by atoms with van der Waals surface area (Å²) in [6, 6.07) is 11.4. The van der Waals surface area contributed by atoms with Crippen LogP contribution in [0.1, 0.15) is 47.8 Å². The van der Waals surface area contributed by atoms with Gasteiger partial charge in [-0.15, -0.1) is 0 Å². The number of H-pyrrole nitrogens is 1. The smallest absolute Gasteiger partial charge is 0.410 e. The molecule has 2 heterocycles. The first-order valence-electron chi connectivity index (χ1n) is 12.0. The van der Waals surface area contributed by atoms with Crippen LogP contribution < -0.4 is 0 Å². The Morgan fingerprint density at radius 3 is 2.60 bits per heavy atom. The number of amides is 1. The van der Waals surface area contributed by atoms with Crippen molar-refractivity contribution in [2.75, 3.05) is 26.2 Å². The molecule has 2 N–H and O–H groups in total. The van der Waals surface area contributed by atoms with Crippen LogP contribution in [0.4, 0.5) is 4.79 Å². The third kappa shape index (κ3) is 4.68. The number of aromatic amines is 1. The van der Waals surface area contributed by atoms with E-state index >= 15 is 0 Å². The maximum Gasteiger partial charge on any atom is 0.410 e. The summed E-state index contributed by atoms with van der Waals surface area (Å²) in [5.74, 6) is 0.223. The molecule has 1 fully saturated rings. The van der Waals surface area contributed by atoms with Crippen LogP contribution in [-0.2, 0) is 17.7 Å². The number of Topliss-reactive ketones (excluding diaryl/α,β-unsaturated/α-hetero) is 1. The number of hydrogen-bond acceptors (Lipinski definition) is 5. The predicted molar refractivity (Wildman–Crippen MR) is 136 cm³/mol. The highest BCUT2D eigenvalue weighted by Gasteiger charge is 2.31. The van der Waals surface area contributed by atoms with Crippen molar-refractivity contribution in [2.45, 2.75) is 39.3 Å². The SMILES string of the molecule is CC(C)(C)OC(=O)N1CCN(Cc2c(O)ccc3c2CC(=Cc2c[nH]c4ccccc24)C3=O)CC1. The summed E-state index contributed by atoms with van der Waals surface area (Å²) in [5.41, 5.74) is 4.59. The summed E-state index contributed by atoms with van der Waals surface area (Å²) < 4.78 is 5.49. The Morgan fingerprint density at radius 2 is 1.86 bits per heavy atom. The maximum absolute atomic E-state index is 13.2. The molecule has 1 saturated heterocycles. The van der Waals surface area contributed by atoms with Crippen molar-refractivity contribution in [1.82, 2.24) is 14.8 Å². The zero-order valence-electron chi connectivity index (χ0n) is 20.4. The standard InChI is InChI=1S/C28H31N3O4/c1-28(2,3)35-27(34)31-12-10-30(11-13-31)17-23-22-15-18(26(33)21(22)8-9-25(23)32)14-19-16-29-24-7-5-4-6-20(19)24/h4-9,14,16,29,32H,10-13,15,17H2,1-3H3. The number of para-hydroxylation sites is 1. The fourth-order valence-electron chi connectivity index (χ4n) is 4.87. The van der Waals surface area contributed by atoms with Gasteiger partial charge in [0, 0.05) is 78.5 Å². The van der Waals surface area contributed by atoms with E-state index in [1.807, 2.05) is 57.3 Å². The monoisotopic (exact) mass is 473 g/mol. The normalized spacial score (nSPS) is 17.9. The molecule has 1 aliphatic heterocycles. The highest BCUT2D eigenvalue weighted by molar-refractivity contribution is 6.16. The molecular formula is C28H31N3O4. The van der Waals surface area contributed by atoms with Crippen LogP contribution in [0.5, 0.6) is 5.75 Å². The van der Waals surface area contributed by atoms with Gasteiger partial charge in [0.2, 0.25) is 0 Å². The summed E-state index contributed by atoms with van der Waals surface area (Å²) in [6.07, 6.45) is 4.09. The number of benzene rings is 2. The molecule has 0 radical (unpaired) electrons. The number of allylic oxidation sites excluding steroid dienone is 1. The van der Waals surface area contributed by atoms with E-state index in [0.29, 0.717) is 44.7 Å². The Balaban J connectivity index is 1.32. The van der Waals surface area contributed by atoms with Crippen LogP contribution in [0.3, 0.4) is 0 Å². The summed E-state index contributed by atoms with van der Waals surface area (Å²) in [6.45, 7) is 8.60. The molecule has 0 atom stereocenters. The van der Waals surface area contributed by atoms with Crippen molar-refractivity contribution < 1.29 is 19.4 Å². The van der Waals surface area contributed by atoms with Gasteiger partial charge in [-0.3, -0.25) is 9.69 Å². The third-order valence-electron chi connectivity index (χ3n) is 6.67. The molecule has 5 rings (SSSR count). The lowest BCUT2D eigenvalue weighted by atomic mass is 10.0. The first-order valence-corrected chi connectivity index (χ1v) is 12.0. The Bertz CT molecular complexity index is 1320. The quantitative estimate of drug-likeness (QED) is 0.536. The van der Waals surface area contributed by atoms with Crippen LogP contribution in [0, 0.1) is 0 Å². The molecule has 1 amide bonds. The predicted octanol–water partition coefficient (Wildman–Crippen LogP) is 4.75. The second-order valence-corrected chi connectivity index (χ2v) is 10.3. The fourth-order valence-corrected chi connectivity index (χ4v) is 4.87. The van der Waals surface area contributed by atoms with Crippen molar-refractivity contribution in [1.29, 1.82) is 0 Å². The van der Waals surface area contributed by atoms with Crippen molar-refractivity contribution >= 4 is 28.9 Å². The molecule has 3 aromatic rings. The number of carbonyl (C=O) groups excluding carboxylic acids is 2. The maximum atomic E-state index is 13.2. The molecule has 0 saturated carbocycles. The van der Waals surface area contributed by atoms with Crippen LogP contribution in [0.15, 0.2) is 48.2 Å². The van der Waals surface area contributed by atoms with Gasteiger partial charge in [0.1, 0.15) is 11.4 Å². The number of hydrogen-bond donors (Lipinski definition) is 2. The topological polar surface area (TPSA) is 85.9 Å². The van der Waals surface area contributed by atoms with E-state index < -0.39 is 5.60 Å². The van der Waals surface area contributed by atoms with E-state index in [9.17, 15) is 14.7 Å². The molecule has 1 aromatic heterocycles. The fraction of sp³-hybridized carbons (Fsp3) is 0.357. The number of ketones is 1. The zero-order valence-corrected chi connectivity index (χ0v) is 20.4. The zero-order chi connectivity index (χ0) is 24.7. The number of phenols is 1. The Kier molecular flexibility index (Phi) is 5.89. The average Bonchev–Trinajstić information content (AvgIpc) is 3.36. The number of nitrogens with zero attached hydrogens (tertiary/aromatic N) is 2. The number of ether oxygens (including phenoxy) is 1. The Labute approximate surface area is 205 Å². The number of nitrogens with one attached hydrogen (secondary N) is 1. The molecule has 0 spiro atoms. The number of fused-ring (bicyclic) bond motifs is 2. The van der Waals surface area contributed by atoms with E-state index in [2.05, 4.69) is 9.88 Å². The van der Waals surface area contributed by atoms with Gasteiger partial charge in [-0.2, -0.15) is 0 Å². The van der Waals surface area contributed by atoms with Gasteiger partial charge in [0.05, 0.1) is 0 Å². The lowest BCUT2D eigenvalue weighted by Gasteiger charge is -2.35. The van der Waals surface area contributed by atoms with Crippen molar-refractivity contribution in [3.8, 4) is 5.75 Å². The molecule has 182 valence electrons. The summed E-state index contributed by atoms with van der Waals surface area (Å²) in [7, 11) is 0. The number of phenolic OH excluding ortho intramolecular Hbond substituents is 1. The first kappa shape index (κ1) is 23.2. The number of carbonyl (C=O) groups is 2. The second-order valence-electron chi connectivity index (χ2n) is 10.3. The minimum absolute atomic E-state index is 0.0151. The van der Waals surface area contributed by atoms with Crippen LogP contribution >= 0.6 is 0 Å². The van der Waals surface area contributed by atoms with Crippen molar-refractivity contribution in [2.24, 2.45) is 0 Å². The number of rotatable bonds is 3. The van der Waals surface area contributed by atoms with Crippen LogP contribution in [0.25, 0.3) is 17.0 Å². The van der Waals surface area contributed by atoms with Gasteiger partial charge >= 0.3 is 6.09 Å². The van der Waals surface area contributed by atoms with E-state index in [1.165, 1.54) is 0 Å². The third-order valence-corrected chi connectivity index (χ3v) is 6.67. The van der Waals surface area contributed by atoms with E-state index in [-0.39, 0.29) is 17.6 Å². The van der Waals surface area contributed by atoms with Gasteiger partial charge in [0.15, 0.2) is 5.78 Å². The molecular weight excluding hydrogens is 442 g/mol. The lowest BCUT2D eigenvalue weighted by Crippen LogP contribution is -2.49. The van der Waals surface area contributed by atoms with E-state index in [0.717, 1.165) is 33.2 Å². The Hall–Kier alpha value is -3.58. The van der Waals surface area contributed by atoms with Gasteiger partial charge in [-0.1, -0.05) is 18.2 Å². The average molecular weight is 474 g/mol.